The Hall–Kier alpha value is -1.13. The van der Waals surface area contributed by atoms with Gasteiger partial charge in [-0.3, -0.25) is 0 Å². The molecule has 0 atom stereocenters. The maximum atomic E-state index is 5.60. The average Bonchev–Trinajstić information content (AvgIpc) is 2.19. The molecule has 0 fully saturated rings. The first-order valence-electron chi connectivity index (χ1n) is 3.85. The van der Waals surface area contributed by atoms with Gasteiger partial charge in [-0.1, -0.05) is 18.2 Å². The van der Waals surface area contributed by atoms with E-state index in [9.17, 15) is 0 Å². The largest absolute Gasteiger partial charge is 0.227 e. The second-order valence-electron chi connectivity index (χ2n) is 2.40. The van der Waals surface area contributed by atoms with Gasteiger partial charge >= 0.3 is 0 Å². The van der Waals surface area contributed by atoms with Crippen molar-refractivity contribution in [1.82, 2.24) is 15.0 Å². The van der Waals surface area contributed by atoms with Crippen LogP contribution in [0.1, 0.15) is 0 Å². The van der Waals surface area contributed by atoms with Crippen LogP contribution in [0.4, 0.5) is 0 Å². The van der Waals surface area contributed by atoms with Gasteiger partial charge in [-0.2, -0.15) is 15.0 Å². The predicted octanol–water partition coefficient (Wildman–Crippen LogP) is 2.48. The van der Waals surface area contributed by atoms with Crippen LogP contribution in [0.2, 0.25) is 5.28 Å². The van der Waals surface area contributed by atoms with E-state index in [-0.39, 0.29) is 5.28 Å². The molecule has 0 amide bonds. The Balaban J connectivity index is 2.19. The van der Waals surface area contributed by atoms with Crippen LogP contribution in [0.5, 0.6) is 0 Å². The minimum Gasteiger partial charge on any atom is -0.199 e. The number of halogens is 1. The van der Waals surface area contributed by atoms with Gasteiger partial charge in [0.05, 0.1) is 0 Å². The number of benzene rings is 1. The zero-order valence-electron chi connectivity index (χ0n) is 7.01. The first kappa shape index (κ1) is 9.43. The van der Waals surface area contributed by atoms with Gasteiger partial charge in [0.15, 0.2) is 5.16 Å². The van der Waals surface area contributed by atoms with Crippen LogP contribution in [0.3, 0.4) is 0 Å². The fraction of sp³-hybridized carbons (Fsp3) is 0. The van der Waals surface area contributed by atoms with E-state index >= 15 is 0 Å². The van der Waals surface area contributed by atoms with Crippen molar-refractivity contribution in [3.8, 4) is 0 Å². The molecule has 2 rings (SSSR count). The molecule has 1 heterocycles. The summed E-state index contributed by atoms with van der Waals surface area (Å²) >= 11 is 7.03. The molecule has 69 valence electrons. The summed E-state index contributed by atoms with van der Waals surface area (Å²) in [6, 6.07) is 9.81. The monoisotopic (exact) mass is 222 g/mol. The second-order valence-corrected chi connectivity index (χ2v) is 3.78. The summed E-state index contributed by atoms with van der Waals surface area (Å²) in [6.45, 7) is 0. The van der Waals surface area contributed by atoms with Crippen molar-refractivity contribution in [3.63, 3.8) is 0 Å². The Bertz CT molecular complexity index is 421. The highest BCUT2D eigenvalue weighted by Crippen LogP contribution is 2.23. The van der Waals surface area contributed by atoms with Crippen molar-refractivity contribution in [2.24, 2.45) is 0 Å². The SMILES string of the molecule is Clc1n[c]nc(Sc2ccccc2)n1. The van der Waals surface area contributed by atoms with Crippen LogP contribution in [-0.4, -0.2) is 15.0 Å². The molecule has 0 saturated heterocycles. The van der Waals surface area contributed by atoms with Crippen LogP contribution in [0.15, 0.2) is 40.4 Å². The highest BCUT2D eigenvalue weighted by Gasteiger charge is 2.00. The molecule has 0 spiro atoms. The Kier molecular flexibility index (Phi) is 2.96. The van der Waals surface area contributed by atoms with Gasteiger partial charge < -0.3 is 0 Å². The minimum absolute atomic E-state index is 0.165. The number of aromatic nitrogens is 3. The van der Waals surface area contributed by atoms with Crippen molar-refractivity contribution in [3.05, 3.63) is 41.9 Å². The molecule has 2 aromatic rings. The van der Waals surface area contributed by atoms with E-state index in [4.69, 9.17) is 11.6 Å². The summed E-state index contributed by atoms with van der Waals surface area (Å²) in [5.74, 6) is 0. The van der Waals surface area contributed by atoms with Crippen molar-refractivity contribution in [1.29, 1.82) is 0 Å². The average molecular weight is 223 g/mol. The van der Waals surface area contributed by atoms with E-state index in [1.165, 1.54) is 11.8 Å². The number of hydrogen-bond donors (Lipinski definition) is 0. The van der Waals surface area contributed by atoms with Gasteiger partial charge in [-0.05, 0) is 35.5 Å². The summed E-state index contributed by atoms with van der Waals surface area (Å²) in [7, 11) is 0. The topological polar surface area (TPSA) is 38.7 Å². The first-order valence-corrected chi connectivity index (χ1v) is 5.04. The molecule has 0 unspecified atom stereocenters. The highest BCUT2D eigenvalue weighted by atomic mass is 35.5. The fourth-order valence-electron chi connectivity index (χ4n) is 0.878. The molecule has 0 aliphatic rings. The Morgan fingerprint density at radius 2 is 1.93 bits per heavy atom. The third-order valence-corrected chi connectivity index (χ3v) is 2.47. The van der Waals surface area contributed by atoms with Crippen molar-refractivity contribution >= 4 is 23.4 Å². The molecule has 14 heavy (non-hydrogen) atoms. The predicted molar refractivity (Wildman–Crippen MR) is 54.2 cm³/mol. The first-order chi connectivity index (χ1) is 6.84. The van der Waals surface area contributed by atoms with Crippen LogP contribution in [0, 0.1) is 6.33 Å². The van der Waals surface area contributed by atoms with E-state index in [2.05, 4.69) is 21.3 Å². The molecule has 5 heteroatoms. The summed E-state index contributed by atoms with van der Waals surface area (Å²) in [5, 5.41) is 0.717. The van der Waals surface area contributed by atoms with Crippen LogP contribution in [0.25, 0.3) is 0 Å². The lowest BCUT2D eigenvalue weighted by Gasteiger charge is -1.97. The standard InChI is InChI=1S/C9H5ClN3S/c10-8-11-6-12-9(13-8)14-7-4-2-1-3-5-7/h1-5H. The van der Waals surface area contributed by atoms with E-state index in [1.54, 1.807) is 0 Å². The molecule has 3 nitrogen and oxygen atoms in total. The van der Waals surface area contributed by atoms with Crippen molar-refractivity contribution in [2.75, 3.05) is 0 Å². The molecule has 1 aromatic heterocycles. The molecule has 0 bridgehead atoms. The van der Waals surface area contributed by atoms with E-state index in [0.29, 0.717) is 5.16 Å². The summed E-state index contributed by atoms with van der Waals surface area (Å²) in [5.41, 5.74) is 0. The normalized spacial score (nSPS) is 10.1. The van der Waals surface area contributed by atoms with Crippen molar-refractivity contribution < 1.29 is 0 Å². The maximum Gasteiger partial charge on any atom is 0.227 e. The minimum atomic E-state index is 0.165. The van der Waals surface area contributed by atoms with Crippen LogP contribution < -0.4 is 0 Å². The molecule has 0 aliphatic heterocycles. The Morgan fingerprint density at radius 1 is 1.14 bits per heavy atom. The van der Waals surface area contributed by atoms with Gasteiger partial charge in [0.25, 0.3) is 0 Å². The number of hydrogen-bond acceptors (Lipinski definition) is 4. The van der Waals surface area contributed by atoms with Gasteiger partial charge in [0, 0.05) is 4.90 Å². The lowest BCUT2D eigenvalue weighted by Crippen LogP contribution is -1.89. The quantitative estimate of drug-likeness (QED) is 0.783. The fourth-order valence-corrected chi connectivity index (χ4v) is 1.77. The molecule has 0 N–H and O–H groups in total. The lowest BCUT2D eigenvalue weighted by molar-refractivity contribution is 0.894. The molecular formula is C9H5ClN3S. The molecule has 1 aromatic carbocycles. The maximum absolute atomic E-state index is 5.60. The third-order valence-electron chi connectivity index (χ3n) is 1.43. The van der Waals surface area contributed by atoms with Gasteiger partial charge in [0.2, 0.25) is 11.6 Å². The number of nitrogens with zero attached hydrogens (tertiary/aromatic N) is 3. The van der Waals surface area contributed by atoms with Gasteiger partial charge in [-0.25, -0.2) is 0 Å². The lowest BCUT2D eigenvalue weighted by atomic mass is 10.4. The Labute approximate surface area is 90.6 Å². The summed E-state index contributed by atoms with van der Waals surface area (Å²) in [6.07, 6.45) is 2.43. The summed E-state index contributed by atoms with van der Waals surface area (Å²) < 4.78 is 0. The number of rotatable bonds is 2. The van der Waals surface area contributed by atoms with Gasteiger partial charge in [0.1, 0.15) is 0 Å². The highest BCUT2D eigenvalue weighted by molar-refractivity contribution is 7.99. The molecular weight excluding hydrogens is 218 g/mol. The van der Waals surface area contributed by atoms with E-state index < -0.39 is 0 Å². The third kappa shape index (κ3) is 2.43. The van der Waals surface area contributed by atoms with Gasteiger partial charge in [-0.15, -0.1) is 0 Å². The van der Waals surface area contributed by atoms with E-state index in [0.717, 1.165) is 4.90 Å². The second kappa shape index (κ2) is 4.39. The van der Waals surface area contributed by atoms with E-state index in [1.807, 2.05) is 30.3 Å². The zero-order valence-corrected chi connectivity index (χ0v) is 8.59. The smallest absolute Gasteiger partial charge is 0.199 e. The zero-order chi connectivity index (χ0) is 9.80. The van der Waals surface area contributed by atoms with Crippen LogP contribution >= 0.6 is 23.4 Å². The molecule has 0 saturated carbocycles. The molecule has 0 aliphatic carbocycles. The Morgan fingerprint density at radius 3 is 2.64 bits per heavy atom. The van der Waals surface area contributed by atoms with Crippen molar-refractivity contribution in [2.45, 2.75) is 10.1 Å². The van der Waals surface area contributed by atoms with Crippen LogP contribution in [-0.2, 0) is 0 Å². The summed E-state index contributed by atoms with van der Waals surface area (Å²) in [4.78, 5) is 12.5. The molecule has 1 radical (unpaired) electrons.